The van der Waals surface area contributed by atoms with E-state index in [0.29, 0.717) is 10.7 Å². The van der Waals surface area contributed by atoms with Gasteiger partial charge in [0.1, 0.15) is 10.9 Å². The molecule has 7 heteroatoms. The number of ether oxygens (including phenoxy) is 1. The van der Waals surface area contributed by atoms with Crippen molar-refractivity contribution in [2.45, 2.75) is 5.92 Å². The maximum Gasteiger partial charge on any atom is 0.316 e. The van der Waals surface area contributed by atoms with Gasteiger partial charge in [-0.1, -0.05) is 0 Å². The van der Waals surface area contributed by atoms with Gasteiger partial charge in [-0.05, 0) is 12.1 Å². The van der Waals surface area contributed by atoms with Crippen LogP contribution in [0.4, 0.5) is 0 Å². The van der Waals surface area contributed by atoms with Crippen molar-refractivity contribution in [3.63, 3.8) is 0 Å². The van der Waals surface area contributed by atoms with E-state index >= 15 is 0 Å². The topological polar surface area (TPSA) is 84.6 Å². The van der Waals surface area contributed by atoms with Gasteiger partial charge in [0.05, 0.1) is 35.3 Å². The van der Waals surface area contributed by atoms with E-state index in [4.69, 9.17) is 4.74 Å². The SMILES string of the molecule is COc1nccc(C(C#N)c2nc3cnccc3s2)n1. The highest BCUT2D eigenvalue weighted by molar-refractivity contribution is 7.18. The second kappa shape index (κ2) is 5.19. The lowest BCUT2D eigenvalue weighted by Gasteiger charge is -2.05. The summed E-state index contributed by atoms with van der Waals surface area (Å²) in [5, 5.41) is 10.1. The number of nitrogens with zero attached hydrogens (tertiary/aromatic N) is 5. The van der Waals surface area contributed by atoms with Crippen LogP contribution in [0, 0.1) is 11.3 Å². The molecule has 0 aliphatic rings. The van der Waals surface area contributed by atoms with Crippen molar-refractivity contribution in [1.29, 1.82) is 5.26 Å². The third-order valence-corrected chi connectivity index (χ3v) is 3.82. The van der Waals surface area contributed by atoms with Crippen molar-refractivity contribution in [3.8, 4) is 12.1 Å². The standard InChI is InChI=1S/C13H9N5OS/c1-19-13-16-5-2-9(18-13)8(6-14)12-17-10-7-15-4-3-11(10)20-12/h2-5,7-8H,1H3. The zero-order chi connectivity index (χ0) is 13.9. The maximum atomic E-state index is 9.42. The summed E-state index contributed by atoms with van der Waals surface area (Å²) in [6.45, 7) is 0. The first-order valence-electron chi connectivity index (χ1n) is 5.79. The van der Waals surface area contributed by atoms with Crippen LogP contribution in [0.3, 0.4) is 0 Å². The van der Waals surface area contributed by atoms with Crippen LogP contribution >= 0.6 is 11.3 Å². The summed E-state index contributed by atoms with van der Waals surface area (Å²) < 4.78 is 5.98. The second-order valence-electron chi connectivity index (χ2n) is 3.93. The minimum atomic E-state index is -0.538. The van der Waals surface area contributed by atoms with Gasteiger partial charge < -0.3 is 4.74 Å². The van der Waals surface area contributed by atoms with Gasteiger partial charge in [-0.2, -0.15) is 10.2 Å². The number of hydrogen-bond acceptors (Lipinski definition) is 7. The van der Waals surface area contributed by atoms with Crippen molar-refractivity contribution in [3.05, 3.63) is 41.4 Å². The third kappa shape index (κ3) is 2.17. The van der Waals surface area contributed by atoms with Crippen molar-refractivity contribution < 1.29 is 4.74 Å². The Balaban J connectivity index is 2.06. The molecule has 3 heterocycles. The number of aromatic nitrogens is 4. The van der Waals surface area contributed by atoms with E-state index in [1.54, 1.807) is 24.7 Å². The lowest BCUT2D eigenvalue weighted by Crippen LogP contribution is -2.03. The van der Waals surface area contributed by atoms with Crippen molar-refractivity contribution in [2.75, 3.05) is 7.11 Å². The minimum Gasteiger partial charge on any atom is -0.467 e. The summed E-state index contributed by atoms with van der Waals surface area (Å²) >= 11 is 1.46. The summed E-state index contributed by atoms with van der Waals surface area (Å²) in [6, 6.07) is 6.05. The van der Waals surface area contributed by atoms with E-state index in [2.05, 4.69) is 26.0 Å². The number of fused-ring (bicyclic) bond motifs is 1. The van der Waals surface area contributed by atoms with Crippen LogP contribution < -0.4 is 4.74 Å². The molecule has 98 valence electrons. The van der Waals surface area contributed by atoms with E-state index in [9.17, 15) is 5.26 Å². The monoisotopic (exact) mass is 283 g/mol. The predicted molar refractivity (Wildman–Crippen MR) is 73.5 cm³/mol. The Morgan fingerprint density at radius 1 is 1.30 bits per heavy atom. The molecule has 0 saturated carbocycles. The molecule has 0 N–H and O–H groups in total. The lowest BCUT2D eigenvalue weighted by molar-refractivity contribution is 0.378. The predicted octanol–water partition coefficient (Wildman–Crippen LogP) is 2.15. The van der Waals surface area contributed by atoms with Crippen LogP contribution in [0.1, 0.15) is 16.6 Å². The zero-order valence-corrected chi connectivity index (χ0v) is 11.3. The van der Waals surface area contributed by atoms with Gasteiger partial charge in [0.25, 0.3) is 0 Å². The summed E-state index contributed by atoms with van der Waals surface area (Å²) in [6.07, 6.45) is 4.96. The molecule has 0 aromatic carbocycles. The smallest absolute Gasteiger partial charge is 0.316 e. The van der Waals surface area contributed by atoms with E-state index in [0.717, 1.165) is 10.2 Å². The fourth-order valence-corrected chi connectivity index (χ4v) is 2.77. The highest BCUT2D eigenvalue weighted by atomic mass is 32.1. The number of thiazole rings is 1. The highest BCUT2D eigenvalue weighted by Gasteiger charge is 2.20. The Kier molecular flexibility index (Phi) is 3.23. The summed E-state index contributed by atoms with van der Waals surface area (Å²) in [7, 11) is 1.49. The Labute approximate surface area is 118 Å². The number of methoxy groups -OCH3 is 1. The fourth-order valence-electron chi connectivity index (χ4n) is 1.78. The third-order valence-electron chi connectivity index (χ3n) is 2.72. The Morgan fingerprint density at radius 3 is 2.95 bits per heavy atom. The average Bonchev–Trinajstić information content (AvgIpc) is 2.91. The molecule has 3 aromatic heterocycles. The molecule has 0 aliphatic carbocycles. The van der Waals surface area contributed by atoms with Crippen molar-refractivity contribution in [1.82, 2.24) is 19.9 Å². The normalized spacial score (nSPS) is 12.0. The van der Waals surface area contributed by atoms with Crippen LogP contribution in [-0.2, 0) is 0 Å². The Hall–Kier alpha value is -2.59. The first kappa shape index (κ1) is 12.4. The molecule has 0 spiro atoms. The fraction of sp³-hybridized carbons (Fsp3) is 0.154. The van der Waals surface area contributed by atoms with Gasteiger partial charge in [0.15, 0.2) is 0 Å². The number of rotatable bonds is 3. The molecule has 0 radical (unpaired) electrons. The first-order chi connectivity index (χ1) is 9.81. The number of hydrogen-bond donors (Lipinski definition) is 0. The minimum absolute atomic E-state index is 0.241. The Bertz CT molecular complexity index is 762. The van der Waals surface area contributed by atoms with Gasteiger partial charge in [0.2, 0.25) is 0 Å². The Morgan fingerprint density at radius 2 is 2.20 bits per heavy atom. The van der Waals surface area contributed by atoms with E-state index in [1.165, 1.54) is 18.4 Å². The van der Waals surface area contributed by atoms with Gasteiger partial charge in [-0.15, -0.1) is 11.3 Å². The quantitative estimate of drug-likeness (QED) is 0.732. The molecule has 20 heavy (non-hydrogen) atoms. The van der Waals surface area contributed by atoms with Crippen LogP contribution in [0.5, 0.6) is 6.01 Å². The van der Waals surface area contributed by atoms with E-state index in [1.807, 2.05) is 6.07 Å². The van der Waals surface area contributed by atoms with Crippen LogP contribution in [-0.4, -0.2) is 27.0 Å². The average molecular weight is 283 g/mol. The van der Waals surface area contributed by atoms with Gasteiger partial charge in [-0.25, -0.2) is 9.97 Å². The molecular weight excluding hydrogens is 274 g/mol. The largest absolute Gasteiger partial charge is 0.467 e. The first-order valence-corrected chi connectivity index (χ1v) is 6.60. The van der Waals surface area contributed by atoms with Gasteiger partial charge in [0, 0.05) is 12.4 Å². The van der Waals surface area contributed by atoms with E-state index in [-0.39, 0.29) is 6.01 Å². The molecule has 0 bridgehead atoms. The van der Waals surface area contributed by atoms with Crippen molar-refractivity contribution in [2.24, 2.45) is 0 Å². The molecule has 0 saturated heterocycles. The summed E-state index contributed by atoms with van der Waals surface area (Å²) in [4.78, 5) is 16.6. The molecule has 1 atom stereocenters. The van der Waals surface area contributed by atoms with Gasteiger partial charge >= 0.3 is 6.01 Å². The molecule has 0 amide bonds. The van der Waals surface area contributed by atoms with Crippen LogP contribution in [0.2, 0.25) is 0 Å². The molecule has 3 aromatic rings. The number of nitriles is 1. The van der Waals surface area contributed by atoms with Crippen LogP contribution in [0.15, 0.2) is 30.7 Å². The maximum absolute atomic E-state index is 9.42. The number of pyridine rings is 1. The molecule has 3 rings (SSSR count). The molecule has 1 unspecified atom stereocenters. The molecule has 0 fully saturated rings. The highest BCUT2D eigenvalue weighted by Crippen LogP contribution is 2.30. The molecule has 0 aliphatic heterocycles. The van der Waals surface area contributed by atoms with E-state index < -0.39 is 5.92 Å². The van der Waals surface area contributed by atoms with Crippen molar-refractivity contribution >= 4 is 21.6 Å². The zero-order valence-electron chi connectivity index (χ0n) is 10.5. The van der Waals surface area contributed by atoms with Gasteiger partial charge in [-0.3, -0.25) is 4.98 Å². The second-order valence-corrected chi connectivity index (χ2v) is 4.99. The molecular formula is C13H9N5OS. The summed E-state index contributed by atoms with van der Waals surface area (Å²) in [5.74, 6) is -0.538. The molecule has 6 nitrogen and oxygen atoms in total. The lowest BCUT2D eigenvalue weighted by atomic mass is 10.1. The summed E-state index contributed by atoms with van der Waals surface area (Å²) in [5.41, 5.74) is 1.36. The van der Waals surface area contributed by atoms with Crippen LogP contribution in [0.25, 0.3) is 10.2 Å².